The normalized spacial score (nSPS) is 24.9. The summed E-state index contributed by atoms with van der Waals surface area (Å²) in [5.41, 5.74) is 0. The number of carbonyl (C=O) groups is 2. The van der Waals surface area contributed by atoms with Crippen molar-refractivity contribution < 1.29 is 23.8 Å². The van der Waals surface area contributed by atoms with Gasteiger partial charge < -0.3 is 14.2 Å². The van der Waals surface area contributed by atoms with Gasteiger partial charge in [0.1, 0.15) is 0 Å². The minimum atomic E-state index is -0.788. The zero-order valence-corrected chi connectivity index (χ0v) is 9.02. The van der Waals surface area contributed by atoms with Gasteiger partial charge in [-0.1, -0.05) is 0 Å². The molecule has 2 atom stereocenters. The first-order chi connectivity index (χ1) is 7.20. The van der Waals surface area contributed by atoms with Crippen LogP contribution in [-0.4, -0.2) is 37.9 Å². The van der Waals surface area contributed by atoms with Crippen molar-refractivity contribution in [2.24, 2.45) is 5.92 Å². The third-order valence-electron chi connectivity index (χ3n) is 2.20. The van der Waals surface area contributed by atoms with E-state index in [-0.39, 0.29) is 12.6 Å². The molecule has 15 heavy (non-hydrogen) atoms. The number of esters is 2. The molecule has 1 heterocycles. The standard InChI is InChI=1S/C10H16O5/c1-3-13-9(11)7-5-6-15-8(7)10(12)14-4-2/h7-8H,3-6H2,1-2H3. The van der Waals surface area contributed by atoms with Gasteiger partial charge in [-0.15, -0.1) is 0 Å². The van der Waals surface area contributed by atoms with Gasteiger partial charge >= 0.3 is 11.9 Å². The summed E-state index contributed by atoms with van der Waals surface area (Å²) in [5.74, 6) is -1.37. The Labute approximate surface area is 88.7 Å². The molecule has 0 aliphatic carbocycles. The third-order valence-corrected chi connectivity index (χ3v) is 2.20. The van der Waals surface area contributed by atoms with Crippen LogP contribution in [0.2, 0.25) is 0 Å². The molecular formula is C10H16O5. The number of carbonyl (C=O) groups excluding carboxylic acids is 2. The Morgan fingerprint density at radius 3 is 2.40 bits per heavy atom. The summed E-state index contributed by atoms with van der Waals surface area (Å²) in [6.07, 6.45) is -0.272. The molecule has 1 rings (SSSR count). The van der Waals surface area contributed by atoms with Crippen LogP contribution in [-0.2, 0) is 23.8 Å². The third kappa shape index (κ3) is 2.92. The van der Waals surface area contributed by atoms with Gasteiger partial charge in [-0.05, 0) is 20.3 Å². The monoisotopic (exact) mass is 216 g/mol. The molecule has 5 heteroatoms. The number of hydrogen-bond acceptors (Lipinski definition) is 5. The Kier molecular flexibility index (Phi) is 4.55. The van der Waals surface area contributed by atoms with E-state index in [4.69, 9.17) is 14.2 Å². The van der Waals surface area contributed by atoms with E-state index in [0.29, 0.717) is 19.6 Å². The summed E-state index contributed by atoms with van der Waals surface area (Å²) in [6, 6.07) is 0. The molecule has 1 aliphatic heterocycles. The molecule has 0 aromatic heterocycles. The van der Waals surface area contributed by atoms with E-state index < -0.39 is 18.0 Å². The highest BCUT2D eigenvalue weighted by molar-refractivity contribution is 5.84. The van der Waals surface area contributed by atoms with E-state index in [0.717, 1.165) is 0 Å². The van der Waals surface area contributed by atoms with Crippen molar-refractivity contribution >= 4 is 11.9 Å². The van der Waals surface area contributed by atoms with E-state index in [1.54, 1.807) is 13.8 Å². The lowest BCUT2D eigenvalue weighted by Crippen LogP contribution is -2.34. The van der Waals surface area contributed by atoms with E-state index in [1.165, 1.54) is 0 Å². The van der Waals surface area contributed by atoms with E-state index in [1.807, 2.05) is 0 Å². The van der Waals surface area contributed by atoms with Crippen LogP contribution in [0, 0.1) is 5.92 Å². The molecule has 0 aromatic rings. The Balaban J connectivity index is 2.56. The molecule has 0 bridgehead atoms. The first-order valence-electron chi connectivity index (χ1n) is 5.15. The maximum Gasteiger partial charge on any atom is 0.336 e. The van der Waals surface area contributed by atoms with Gasteiger partial charge in [0.15, 0.2) is 6.10 Å². The Morgan fingerprint density at radius 2 is 1.80 bits per heavy atom. The SMILES string of the molecule is CCOC(=O)C1CCOC1C(=O)OCC. The summed E-state index contributed by atoms with van der Waals surface area (Å²) in [4.78, 5) is 22.9. The molecule has 2 unspecified atom stereocenters. The lowest BCUT2D eigenvalue weighted by atomic mass is 10.0. The summed E-state index contributed by atoms with van der Waals surface area (Å²) in [5, 5.41) is 0. The maximum absolute atomic E-state index is 11.5. The molecule has 0 spiro atoms. The molecule has 0 aromatic carbocycles. The summed E-state index contributed by atoms with van der Waals surface area (Å²) in [6.45, 7) is 4.44. The van der Waals surface area contributed by atoms with Crippen molar-refractivity contribution in [2.45, 2.75) is 26.4 Å². The van der Waals surface area contributed by atoms with E-state index in [2.05, 4.69) is 0 Å². The van der Waals surface area contributed by atoms with Crippen LogP contribution in [0.15, 0.2) is 0 Å². The molecule has 0 amide bonds. The van der Waals surface area contributed by atoms with Crippen molar-refractivity contribution in [2.75, 3.05) is 19.8 Å². The maximum atomic E-state index is 11.5. The highest BCUT2D eigenvalue weighted by Gasteiger charge is 2.40. The van der Waals surface area contributed by atoms with Gasteiger partial charge in [0.05, 0.1) is 19.1 Å². The number of rotatable bonds is 4. The molecule has 1 aliphatic rings. The smallest absolute Gasteiger partial charge is 0.336 e. The van der Waals surface area contributed by atoms with Crippen LogP contribution < -0.4 is 0 Å². The molecule has 0 saturated carbocycles. The molecule has 1 fully saturated rings. The average Bonchev–Trinajstić information content (AvgIpc) is 2.66. The summed E-state index contributed by atoms with van der Waals surface area (Å²) < 4.78 is 14.8. The minimum absolute atomic E-state index is 0.286. The topological polar surface area (TPSA) is 61.8 Å². The molecule has 0 N–H and O–H groups in total. The van der Waals surface area contributed by atoms with E-state index >= 15 is 0 Å². The van der Waals surface area contributed by atoms with Gasteiger partial charge in [-0.25, -0.2) is 4.79 Å². The average molecular weight is 216 g/mol. The van der Waals surface area contributed by atoms with Crippen molar-refractivity contribution in [1.82, 2.24) is 0 Å². The quantitative estimate of drug-likeness (QED) is 0.641. The second-order valence-corrected chi connectivity index (χ2v) is 3.19. The molecule has 0 radical (unpaired) electrons. The van der Waals surface area contributed by atoms with Crippen LogP contribution in [0.3, 0.4) is 0 Å². The molecule has 86 valence electrons. The number of hydrogen-bond donors (Lipinski definition) is 0. The van der Waals surface area contributed by atoms with Gasteiger partial charge in [0.2, 0.25) is 0 Å². The largest absolute Gasteiger partial charge is 0.466 e. The van der Waals surface area contributed by atoms with Gasteiger partial charge in [-0.3, -0.25) is 4.79 Å². The van der Waals surface area contributed by atoms with Crippen LogP contribution >= 0.6 is 0 Å². The lowest BCUT2D eigenvalue weighted by molar-refractivity contribution is -0.163. The van der Waals surface area contributed by atoms with Gasteiger partial charge in [0, 0.05) is 6.61 Å². The van der Waals surface area contributed by atoms with Crippen LogP contribution in [0.25, 0.3) is 0 Å². The summed E-state index contributed by atoms with van der Waals surface area (Å²) >= 11 is 0. The van der Waals surface area contributed by atoms with Crippen LogP contribution in [0.4, 0.5) is 0 Å². The molecule has 5 nitrogen and oxygen atoms in total. The van der Waals surface area contributed by atoms with Crippen molar-refractivity contribution in [3.63, 3.8) is 0 Å². The lowest BCUT2D eigenvalue weighted by Gasteiger charge is -2.15. The Hall–Kier alpha value is -1.10. The molecule has 1 saturated heterocycles. The first-order valence-corrected chi connectivity index (χ1v) is 5.15. The van der Waals surface area contributed by atoms with Gasteiger partial charge in [-0.2, -0.15) is 0 Å². The van der Waals surface area contributed by atoms with Crippen LogP contribution in [0.1, 0.15) is 20.3 Å². The van der Waals surface area contributed by atoms with E-state index in [9.17, 15) is 9.59 Å². The van der Waals surface area contributed by atoms with Crippen LogP contribution in [0.5, 0.6) is 0 Å². The molecular weight excluding hydrogens is 200 g/mol. The highest BCUT2D eigenvalue weighted by atomic mass is 16.6. The Morgan fingerprint density at radius 1 is 1.20 bits per heavy atom. The van der Waals surface area contributed by atoms with Crippen molar-refractivity contribution in [3.8, 4) is 0 Å². The minimum Gasteiger partial charge on any atom is -0.466 e. The second kappa shape index (κ2) is 5.70. The second-order valence-electron chi connectivity index (χ2n) is 3.19. The zero-order valence-electron chi connectivity index (χ0n) is 9.02. The highest BCUT2D eigenvalue weighted by Crippen LogP contribution is 2.23. The predicted octanol–water partition coefficient (Wildman–Crippen LogP) is 0.518. The predicted molar refractivity (Wildman–Crippen MR) is 51.1 cm³/mol. The number of ether oxygens (including phenoxy) is 3. The fraction of sp³-hybridized carbons (Fsp3) is 0.800. The first kappa shape index (κ1) is 12.0. The van der Waals surface area contributed by atoms with Gasteiger partial charge in [0.25, 0.3) is 0 Å². The van der Waals surface area contributed by atoms with Crippen molar-refractivity contribution in [1.29, 1.82) is 0 Å². The Bertz CT molecular complexity index is 214. The fourth-order valence-electron chi connectivity index (χ4n) is 1.54. The summed E-state index contributed by atoms with van der Waals surface area (Å²) in [7, 11) is 0. The zero-order chi connectivity index (χ0) is 11.3. The fourth-order valence-corrected chi connectivity index (χ4v) is 1.54. The van der Waals surface area contributed by atoms with Crippen molar-refractivity contribution in [3.05, 3.63) is 0 Å².